The number of aromatic nitrogens is 5. The van der Waals surface area contributed by atoms with Gasteiger partial charge in [0.25, 0.3) is 0 Å². The third kappa shape index (κ3) is 4.60. The van der Waals surface area contributed by atoms with E-state index in [0.717, 1.165) is 82.0 Å². The van der Waals surface area contributed by atoms with Crippen LogP contribution in [-0.4, -0.2) is 109 Å². The number of nitrogens with one attached hydrogen (secondary N) is 1. The first-order valence-electron chi connectivity index (χ1n) is 14.2. The lowest BCUT2D eigenvalue weighted by molar-refractivity contribution is -0.141. The lowest BCUT2D eigenvalue weighted by Crippen LogP contribution is -2.57. The third-order valence-corrected chi connectivity index (χ3v) is 8.92. The zero-order valence-corrected chi connectivity index (χ0v) is 22.4. The van der Waals surface area contributed by atoms with Gasteiger partial charge < -0.3 is 24.9 Å². The highest BCUT2D eigenvalue weighted by atomic mass is 16.2. The molecule has 2 unspecified atom stereocenters. The van der Waals surface area contributed by atoms with Crippen LogP contribution in [0.4, 0.5) is 17.3 Å². The lowest BCUT2D eigenvalue weighted by atomic mass is 9.84. The molecule has 2 amide bonds. The minimum absolute atomic E-state index is 0.0803. The van der Waals surface area contributed by atoms with E-state index in [0.29, 0.717) is 11.9 Å². The van der Waals surface area contributed by atoms with E-state index in [1.54, 1.807) is 15.4 Å². The Morgan fingerprint density at radius 2 is 1.82 bits per heavy atom. The standard InChI is InChI=1S/C27H36N10O2/c1-32-10-12-33(13-11-32)24(38)18-35-15-20(14-28-35)29-27-30-25-23(6-3-9-36(25)31-27)34-16-21-7-8-22(17-34)37(21)26(39)19-4-2-5-19/h3,6,9,14-15,19,21-22H,2,4-5,7-8,10-13,16-18H2,1H3,(H,29,31). The summed E-state index contributed by atoms with van der Waals surface area (Å²) in [4.78, 5) is 39.3. The fourth-order valence-electron chi connectivity index (χ4n) is 6.46. The fraction of sp³-hybridized carbons (Fsp3) is 0.593. The van der Waals surface area contributed by atoms with Crippen molar-refractivity contribution in [1.29, 1.82) is 0 Å². The zero-order valence-electron chi connectivity index (χ0n) is 22.4. The maximum absolute atomic E-state index is 13.1. The average molecular weight is 533 g/mol. The highest BCUT2D eigenvalue weighted by Gasteiger charge is 2.45. The summed E-state index contributed by atoms with van der Waals surface area (Å²) < 4.78 is 3.46. The van der Waals surface area contributed by atoms with Gasteiger partial charge in [0.1, 0.15) is 6.54 Å². The molecule has 0 radical (unpaired) electrons. The molecule has 3 aromatic heterocycles. The number of likely N-dealkylation sites (N-methyl/N-ethyl adjacent to an activating group) is 1. The Labute approximate surface area is 227 Å². The summed E-state index contributed by atoms with van der Waals surface area (Å²) in [6.07, 6.45) is 10.9. The molecular formula is C27H36N10O2. The molecule has 0 spiro atoms. The van der Waals surface area contributed by atoms with Crippen LogP contribution >= 0.6 is 0 Å². The first-order valence-corrected chi connectivity index (χ1v) is 14.2. The topological polar surface area (TPSA) is 107 Å². The molecule has 3 saturated heterocycles. The third-order valence-electron chi connectivity index (χ3n) is 8.92. The Hall–Kier alpha value is -3.67. The smallest absolute Gasteiger partial charge is 0.247 e. The number of nitrogens with zero attached hydrogens (tertiary/aromatic N) is 9. The summed E-state index contributed by atoms with van der Waals surface area (Å²) in [7, 11) is 2.08. The molecule has 39 heavy (non-hydrogen) atoms. The Morgan fingerprint density at radius 1 is 1.05 bits per heavy atom. The molecule has 1 N–H and O–H groups in total. The molecule has 3 aromatic rings. The first kappa shape index (κ1) is 24.4. The van der Waals surface area contributed by atoms with Crippen LogP contribution in [0.3, 0.4) is 0 Å². The van der Waals surface area contributed by atoms with E-state index in [1.165, 1.54) is 6.42 Å². The van der Waals surface area contributed by atoms with Gasteiger partial charge in [-0.15, -0.1) is 5.10 Å². The highest BCUT2D eigenvalue weighted by molar-refractivity contribution is 5.81. The van der Waals surface area contributed by atoms with E-state index < -0.39 is 0 Å². The van der Waals surface area contributed by atoms with Crippen LogP contribution in [0.15, 0.2) is 30.7 Å². The number of hydrogen-bond donors (Lipinski definition) is 1. The van der Waals surface area contributed by atoms with Crippen LogP contribution in [0.25, 0.3) is 5.65 Å². The molecule has 0 aromatic carbocycles. The van der Waals surface area contributed by atoms with Crippen LogP contribution in [-0.2, 0) is 16.1 Å². The van der Waals surface area contributed by atoms with Gasteiger partial charge in [-0.1, -0.05) is 6.42 Å². The second-order valence-electron chi connectivity index (χ2n) is 11.5. The number of carbonyl (C=O) groups is 2. The van der Waals surface area contributed by atoms with Crippen molar-refractivity contribution in [2.75, 3.05) is 56.5 Å². The van der Waals surface area contributed by atoms with Crippen molar-refractivity contribution < 1.29 is 9.59 Å². The van der Waals surface area contributed by atoms with Crippen molar-refractivity contribution in [3.05, 3.63) is 30.7 Å². The minimum Gasteiger partial charge on any atom is -0.364 e. The van der Waals surface area contributed by atoms with E-state index >= 15 is 0 Å². The molecule has 2 bridgehead atoms. The summed E-state index contributed by atoms with van der Waals surface area (Å²) in [6, 6.07) is 4.64. The van der Waals surface area contributed by atoms with Crippen LogP contribution in [0.2, 0.25) is 0 Å². The maximum Gasteiger partial charge on any atom is 0.247 e. The van der Waals surface area contributed by atoms with E-state index in [1.807, 2.05) is 23.4 Å². The Balaban J connectivity index is 1.03. The number of hydrogen-bond acceptors (Lipinski definition) is 8. The molecule has 4 aliphatic rings. The summed E-state index contributed by atoms with van der Waals surface area (Å²) in [5.74, 6) is 1.19. The first-order chi connectivity index (χ1) is 19.0. The summed E-state index contributed by atoms with van der Waals surface area (Å²) >= 11 is 0. The van der Waals surface area contributed by atoms with Crippen molar-refractivity contribution >= 4 is 34.8 Å². The SMILES string of the molecule is CN1CCN(C(=O)Cn2cc(Nc3nc4c(N5CC6CCC(C5)N6C(=O)C5CCC5)cccn4n3)cn2)CC1. The minimum atomic E-state index is 0.0803. The van der Waals surface area contributed by atoms with Gasteiger partial charge in [-0.05, 0) is 44.9 Å². The molecule has 4 fully saturated rings. The van der Waals surface area contributed by atoms with Crippen LogP contribution < -0.4 is 10.2 Å². The fourth-order valence-corrected chi connectivity index (χ4v) is 6.46. The number of anilines is 3. The molecular weight excluding hydrogens is 496 g/mol. The van der Waals surface area contributed by atoms with Crippen LogP contribution in [0, 0.1) is 5.92 Å². The maximum atomic E-state index is 13.1. The van der Waals surface area contributed by atoms with Crippen molar-refractivity contribution in [2.24, 2.45) is 5.92 Å². The number of carbonyl (C=O) groups excluding carboxylic acids is 2. The summed E-state index contributed by atoms with van der Waals surface area (Å²) in [5, 5.41) is 12.3. The van der Waals surface area contributed by atoms with E-state index in [-0.39, 0.29) is 30.5 Å². The second kappa shape index (κ2) is 9.82. The molecule has 1 aliphatic carbocycles. The van der Waals surface area contributed by atoms with Gasteiger partial charge in [-0.25, -0.2) is 4.52 Å². The number of rotatable bonds is 6. The van der Waals surface area contributed by atoms with E-state index in [9.17, 15) is 9.59 Å². The predicted octanol–water partition coefficient (Wildman–Crippen LogP) is 1.42. The number of pyridine rings is 1. The number of piperazine rings is 2. The van der Waals surface area contributed by atoms with Gasteiger partial charge in [-0.3, -0.25) is 14.3 Å². The van der Waals surface area contributed by atoms with Crippen molar-refractivity contribution in [2.45, 2.75) is 50.7 Å². The quantitative estimate of drug-likeness (QED) is 0.508. The van der Waals surface area contributed by atoms with Crippen LogP contribution in [0.1, 0.15) is 32.1 Å². The van der Waals surface area contributed by atoms with Crippen molar-refractivity contribution in [3.8, 4) is 0 Å². The Kier molecular flexibility index (Phi) is 6.14. The van der Waals surface area contributed by atoms with Gasteiger partial charge in [0, 0.05) is 69.7 Å². The molecule has 3 aliphatic heterocycles. The van der Waals surface area contributed by atoms with Gasteiger partial charge in [0.2, 0.25) is 17.8 Å². The molecule has 7 rings (SSSR count). The monoisotopic (exact) mass is 532 g/mol. The van der Waals surface area contributed by atoms with Gasteiger partial charge in [-0.2, -0.15) is 10.1 Å². The van der Waals surface area contributed by atoms with Crippen LogP contribution in [0.5, 0.6) is 0 Å². The molecule has 12 nitrogen and oxygen atoms in total. The van der Waals surface area contributed by atoms with Gasteiger partial charge in [0.15, 0.2) is 5.65 Å². The highest BCUT2D eigenvalue weighted by Crippen LogP contribution is 2.38. The van der Waals surface area contributed by atoms with Crippen molar-refractivity contribution in [1.82, 2.24) is 39.1 Å². The Bertz CT molecular complexity index is 1360. The number of amides is 2. The Morgan fingerprint density at radius 3 is 2.54 bits per heavy atom. The second-order valence-corrected chi connectivity index (χ2v) is 11.5. The van der Waals surface area contributed by atoms with E-state index in [4.69, 9.17) is 4.98 Å². The van der Waals surface area contributed by atoms with E-state index in [2.05, 4.69) is 43.3 Å². The molecule has 206 valence electrons. The average Bonchev–Trinajstić information content (AvgIpc) is 3.58. The van der Waals surface area contributed by atoms with Crippen molar-refractivity contribution in [3.63, 3.8) is 0 Å². The normalized spacial score (nSPS) is 23.9. The van der Waals surface area contributed by atoms with Gasteiger partial charge >= 0.3 is 0 Å². The summed E-state index contributed by atoms with van der Waals surface area (Å²) in [5.41, 5.74) is 2.56. The largest absolute Gasteiger partial charge is 0.364 e. The van der Waals surface area contributed by atoms with Gasteiger partial charge in [0.05, 0.1) is 17.6 Å². The zero-order chi connectivity index (χ0) is 26.5. The lowest BCUT2D eigenvalue weighted by Gasteiger charge is -2.44. The molecule has 6 heterocycles. The molecule has 2 atom stereocenters. The molecule has 12 heteroatoms. The number of fused-ring (bicyclic) bond motifs is 3. The molecule has 1 saturated carbocycles. The predicted molar refractivity (Wildman–Crippen MR) is 146 cm³/mol. The summed E-state index contributed by atoms with van der Waals surface area (Å²) in [6.45, 7) is 5.18.